The van der Waals surface area contributed by atoms with Gasteiger partial charge in [-0.15, -0.1) is 0 Å². The molecule has 0 bridgehead atoms. The van der Waals surface area contributed by atoms with Crippen LogP contribution in [0.15, 0.2) is 24.3 Å². The monoisotopic (exact) mass is 300 g/mol. The molecule has 0 radical (unpaired) electrons. The van der Waals surface area contributed by atoms with Crippen LogP contribution in [0.1, 0.15) is 43.7 Å². The minimum Gasteiger partial charge on any atom is -0.306 e. The van der Waals surface area contributed by atoms with Gasteiger partial charge in [0.1, 0.15) is 0 Å². The maximum Gasteiger partial charge on any atom is 0.0236 e. The van der Waals surface area contributed by atoms with E-state index < -0.39 is 0 Å². The molecule has 3 rings (SSSR count). The lowest BCUT2D eigenvalue weighted by molar-refractivity contribution is 0.211. The summed E-state index contributed by atoms with van der Waals surface area (Å²) in [6, 6.07) is 10.6. The van der Waals surface area contributed by atoms with Crippen molar-refractivity contribution in [3.63, 3.8) is 0 Å². The second-order valence-electron chi connectivity index (χ2n) is 7.77. The van der Waals surface area contributed by atoms with Gasteiger partial charge in [-0.3, -0.25) is 4.90 Å². The lowest BCUT2D eigenvalue weighted by atomic mass is 10.0. The molecule has 2 aliphatic rings. The fraction of sp³-hybridized carbons (Fsp3) is 0.700. The van der Waals surface area contributed by atoms with Gasteiger partial charge >= 0.3 is 0 Å². The molecule has 2 nitrogen and oxygen atoms in total. The van der Waals surface area contributed by atoms with Crippen LogP contribution in [0.4, 0.5) is 0 Å². The molecule has 1 aromatic carbocycles. The van der Waals surface area contributed by atoms with Crippen molar-refractivity contribution >= 4 is 0 Å². The summed E-state index contributed by atoms with van der Waals surface area (Å²) in [6.45, 7) is 3.38. The zero-order valence-corrected chi connectivity index (χ0v) is 14.8. The van der Waals surface area contributed by atoms with Gasteiger partial charge < -0.3 is 4.90 Å². The molecular weight excluding hydrogens is 268 g/mol. The van der Waals surface area contributed by atoms with Crippen molar-refractivity contribution < 1.29 is 0 Å². The van der Waals surface area contributed by atoms with Gasteiger partial charge in [-0.25, -0.2) is 0 Å². The molecule has 0 aliphatic heterocycles. The van der Waals surface area contributed by atoms with Crippen LogP contribution < -0.4 is 0 Å². The minimum absolute atomic E-state index is 0.794. The van der Waals surface area contributed by atoms with Gasteiger partial charge in [-0.1, -0.05) is 31.2 Å². The highest BCUT2D eigenvalue weighted by Gasteiger charge is 2.43. The molecule has 22 heavy (non-hydrogen) atoms. The van der Waals surface area contributed by atoms with E-state index in [0.717, 1.165) is 36.9 Å². The average molecular weight is 300 g/mol. The first kappa shape index (κ1) is 16.0. The summed E-state index contributed by atoms with van der Waals surface area (Å²) < 4.78 is 0. The molecule has 2 saturated carbocycles. The van der Waals surface area contributed by atoms with E-state index in [1.165, 1.54) is 36.8 Å². The Morgan fingerprint density at radius 3 is 1.95 bits per heavy atom. The first-order valence-corrected chi connectivity index (χ1v) is 9.02. The largest absolute Gasteiger partial charge is 0.306 e. The van der Waals surface area contributed by atoms with E-state index in [0.29, 0.717) is 0 Å². The van der Waals surface area contributed by atoms with Crippen LogP contribution in [0.3, 0.4) is 0 Å². The molecule has 2 aliphatic carbocycles. The van der Waals surface area contributed by atoms with Gasteiger partial charge in [0, 0.05) is 18.6 Å². The second kappa shape index (κ2) is 6.72. The van der Waals surface area contributed by atoms with Crippen LogP contribution in [0.2, 0.25) is 0 Å². The molecule has 0 heterocycles. The minimum atomic E-state index is 0.794. The maximum atomic E-state index is 2.62. The highest BCUT2D eigenvalue weighted by molar-refractivity contribution is 5.27. The van der Waals surface area contributed by atoms with E-state index in [9.17, 15) is 0 Å². The summed E-state index contributed by atoms with van der Waals surface area (Å²) in [5.41, 5.74) is 3.04. The van der Waals surface area contributed by atoms with Crippen LogP contribution in [-0.4, -0.2) is 43.0 Å². The van der Waals surface area contributed by atoms with Gasteiger partial charge in [-0.05, 0) is 76.2 Å². The third-order valence-electron chi connectivity index (χ3n) is 6.24. The fourth-order valence-corrected chi connectivity index (χ4v) is 4.79. The molecular formula is C20H32N2. The Bertz CT molecular complexity index is 482. The summed E-state index contributed by atoms with van der Waals surface area (Å²) in [5, 5.41) is 0. The van der Waals surface area contributed by atoms with Crippen LogP contribution in [0.25, 0.3) is 0 Å². The Balaban J connectivity index is 1.58. The van der Waals surface area contributed by atoms with E-state index in [4.69, 9.17) is 0 Å². The van der Waals surface area contributed by atoms with Crippen molar-refractivity contribution in [2.45, 2.75) is 57.7 Å². The number of nitrogens with zero attached hydrogens (tertiary/aromatic N) is 2. The fourth-order valence-electron chi connectivity index (χ4n) is 4.79. The smallest absolute Gasteiger partial charge is 0.0236 e. The molecule has 2 unspecified atom stereocenters. The maximum absolute atomic E-state index is 2.62. The molecule has 0 aromatic heterocycles. The lowest BCUT2D eigenvalue weighted by Gasteiger charge is -2.27. The van der Waals surface area contributed by atoms with E-state index >= 15 is 0 Å². The Morgan fingerprint density at radius 2 is 1.41 bits per heavy atom. The van der Waals surface area contributed by atoms with E-state index in [1.807, 2.05) is 0 Å². The Morgan fingerprint density at radius 1 is 0.864 bits per heavy atom. The van der Waals surface area contributed by atoms with Crippen LogP contribution in [0.5, 0.6) is 0 Å². The molecule has 0 saturated heterocycles. The molecule has 0 N–H and O–H groups in total. The lowest BCUT2D eigenvalue weighted by Crippen LogP contribution is -2.31. The molecule has 1 aromatic rings. The van der Waals surface area contributed by atoms with Gasteiger partial charge in [0.05, 0.1) is 0 Å². The van der Waals surface area contributed by atoms with Gasteiger partial charge in [0.2, 0.25) is 0 Å². The van der Waals surface area contributed by atoms with Crippen LogP contribution >= 0.6 is 0 Å². The quantitative estimate of drug-likeness (QED) is 0.816. The number of fused-ring (bicyclic) bond motifs is 1. The summed E-state index contributed by atoms with van der Waals surface area (Å²) in [6.07, 6.45) is 6.82. The number of rotatable bonds is 5. The van der Waals surface area contributed by atoms with Gasteiger partial charge in [-0.2, -0.15) is 0 Å². The van der Waals surface area contributed by atoms with Gasteiger partial charge in [0.25, 0.3) is 0 Å². The molecule has 122 valence electrons. The van der Waals surface area contributed by atoms with Crippen molar-refractivity contribution in [1.29, 1.82) is 0 Å². The number of hydrogen-bond acceptors (Lipinski definition) is 2. The second-order valence-corrected chi connectivity index (χ2v) is 7.77. The predicted octanol–water partition coefficient (Wildman–Crippen LogP) is 3.80. The van der Waals surface area contributed by atoms with E-state index in [2.05, 4.69) is 62.1 Å². The molecule has 4 atom stereocenters. The Kier molecular flexibility index (Phi) is 4.89. The van der Waals surface area contributed by atoms with Crippen LogP contribution in [0, 0.1) is 11.8 Å². The summed E-state index contributed by atoms with van der Waals surface area (Å²) in [7, 11) is 6.83. The average Bonchev–Trinajstić information content (AvgIpc) is 3.06. The third-order valence-corrected chi connectivity index (χ3v) is 6.24. The van der Waals surface area contributed by atoms with Crippen molar-refractivity contribution in [2.24, 2.45) is 11.8 Å². The zero-order valence-electron chi connectivity index (χ0n) is 14.8. The summed E-state index contributed by atoms with van der Waals surface area (Å²) >= 11 is 0. The molecule has 0 amide bonds. The van der Waals surface area contributed by atoms with Gasteiger partial charge in [0.15, 0.2) is 0 Å². The van der Waals surface area contributed by atoms with Crippen molar-refractivity contribution in [3.05, 3.63) is 35.4 Å². The van der Waals surface area contributed by atoms with Crippen LogP contribution in [-0.2, 0) is 13.0 Å². The molecule has 0 spiro atoms. The summed E-state index contributed by atoms with van der Waals surface area (Å²) in [4.78, 5) is 5.06. The standard InChI is InChI=1S/C20H32N2/c1-5-15-8-6-7-9-16(15)14-22(4)20-12-17-10-19(21(2)3)11-18(17)13-20/h6-9,17-20H,5,10-14H2,1-4H3/t17-,18+,19?,20?. The molecule has 2 heteroatoms. The first-order chi connectivity index (χ1) is 10.6. The van der Waals surface area contributed by atoms with E-state index in [-0.39, 0.29) is 0 Å². The third kappa shape index (κ3) is 3.23. The molecule has 2 fully saturated rings. The Hall–Kier alpha value is -0.860. The summed E-state index contributed by atoms with van der Waals surface area (Å²) in [5.74, 6) is 1.95. The Labute approximate surface area is 136 Å². The normalized spacial score (nSPS) is 31.2. The first-order valence-electron chi connectivity index (χ1n) is 9.02. The van der Waals surface area contributed by atoms with Crippen molar-refractivity contribution in [2.75, 3.05) is 21.1 Å². The highest BCUT2D eigenvalue weighted by Crippen LogP contribution is 2.46. The zero-order chi connectivity index (χ0) is 15.7. The highest BCUT2D eigenvalue weighted by atomic mass is 15.1. The predicted molar refractivity (Wildman–Crippen MR) is 94.0 cm³/mol. The number of hydrogen-bond donors (Lipinski definition) is 0. The van der Waals surface area contributed by atoms with Crippen molar-refractivity contribution in [3.8, 4) is 0 Å². The number of benzene rings is 1. The topological polar surface area (TPSA) is 6.48 Å². The van der Waals surface area contributed by atoms with E-state index in [1.54, 1.807) is 0 Å². The van der Waals surface area contributed by atoms with Crippen molar-refractivity contribution in [1.82, 2.24) is 9.80 Å². The number of aryl methyl sites for hydroxylation is 1. The SMILES string of the molecule is CCc1ccccc1CN(C)C1C[C@H]2CC(N(C)C)C[C@H]2C1.